The number of ether oxygens (including phenoxy) is 1. The molecule has 1 aliphatic heterocycles. The van der Waals surface area contributed by atoms with Crippen molar-refractivity contribution in [3.63, 3.8) is 0 Å². The molecule has 126 valence electrons. The van der Waals surface area contributed by atoms with Gasteiger partial charge in [0.05, 0.1) is 37.5 Å². The monoisotopic (exact) mass is 339 g/mol. The Morgan fingerprint density at radius 2 is 2.09 bits per heavy atom. The minimum atomic E-state index is -3.68. The summed E-state index contributed by atoms with van der Waals surface area (Å²) in [6.07, 6.45) is 5.30. The molecule has 1 unspecified atom stereocenters. The highest BCUT2D eigenvalue weighted by Gasteiger charge is 2.38. The van der Waals surface area contributed by atoms with Gasteiger partial charge in [-0.15, -0.1) is 0 Å². The Hall–Kier alpha value is -1.71. The van der Waals surface area contributed by atoms with Gasteiger partial charge in [0.25, 0.3) is 10.0 Å². The van der Waals surface area contributed by atoms with Crippen molar-refractivity contribution >= 4 is 10.0 Å². The summed E-state index contributed by atoms with van der Waals surface area (Å²) in [6.45, 7) is 3.04. The lowest BCUT2D eigenvalue weighted by Crippen LogP contribution is -2.47. The molecule has 2 aromatic heterocycles. The molecule has 8 nitrogen and oxygen atoms in total. The van der Waals surface area contributed by atoms with Crippen LogP contribution >= 0.6 is 0 Å². The third-order valence-corrected chi connectivity index (χ3v) is 5.84. The van der Waals surface area contributed by atoms with E-state index < -0.39 is 10.0 Å². The van der Waals surface area contributed by atoms with E-state index in [-0.39, 0.29) is 17.6 Å². The van der Waals surface area contributed by atoms with Gasteiger partial charge in [0, 0.05) is 39.0 Å². The summed E-state index contributed by atoms with van der Waals surface area (Å²) in [5, 5.41) is 0.0564. The highest BCUT2D eigenvalue weighted by Crippen LogP contribution is 2.27. The molecule has 0 saturated carbocycles. The molecule has 0 aromatic carbocycles. The van der Waals surface area contributed by atoms with E-state index in [1.807, 2.05) is 18.5 Å². The van der Waals surface area contributed by atoms with Crippen molar-refractivity contribution in [2.45, 2.75) is 31.0 Å². The second kappa shape index (κ2) is 6.06. The number of aryl methyl sites for hydroxylation is 2. The van der Waals surface area contributed by atoms with Crippen LogP contribution in [0.3, 0.4) is 0 Å². The predicted molar refractivity (Wildman–Crippen MR) is 83.1 cm³/mol. The molecule has 0 aliphatic carbocycles. The molecule has 0 radical (unpaired) electrons. The normalized spacial score (nSPS) is 19.0. The van der Waals surface area contributed by atoms with Gasteiger partial charge < -0.3 is 13.9 Å². The van der Waals surface area contributed by atoms with E-state index >= 15 is 0 Å². The van der Waals surface area contributed by atoms with Crippen molar-refractivity contribution in [1.29, 1.82) is 0 Å². The molecule has 3 heterocycles. The molecule has 0 fully saturated rings. The van der Waals surface area contributed by atoms with Crippen molar-refractivity contribution in [2.75, 3.05) is 13.2 Å². The maximum Gasteiger partial charge on any atom is 0.262 e. The van der Waals surface area contributed by atoms with Gasteiger partial charge in [-0.1, -0.05) is 0 Å². The van der Waals surface area contributed by atoms with Gasteiger partial charge in [-0.25, -0.2) is 18.4 Å². The van der Waals surface area contributed by atoms with Crippen molar-refractivity contribution in [1.82, 2.24) is 23.4 Å². The lowest BCUT2D eigenvalue weighted by atomic mass is 10.1. The summed E-state index contributed by atoms with van der Waals surface area (Å²) in [7, 11) is -0.0122. The second-order valence-electron chi connectivity index (χ2n) is 5.69. The fourth-order valence-corrected chi connectivity index (χ4v) is 4.36. The van der Waals surface area contributed by atoms with Crippen LogP contribution in [0.25, 0.3) is 0 Å². The SMILES string of the molecule is CCOCC1Cc2c(ncn2C)CN1S(=O)(=O)c1cn(C)cn1. The molecule has 0 amide bonds. The largest absolute Gasteiger partial charge is 0.380 e. The van der Waals surface area contributed by atoms with Gasteiger partial charge in [-0.2, -0.15) is 4.31 Å². The summed E-state index contributed by atoms with van der Waals surface area (Å²) in [5.41, 5.74) is 1.85. The average molecular weight is 339 g/mol. The van der Waals surface area contributed by atoms with Crippen LogP contribution in [0.1, 0.15) is 18.3 Å². The van der Waals surface area contributed by atoms with E-state index in [2.05, 4.69) is 9.97 Å². The maximum atomic E-state index is 13.0. The zero-order valence-corrected chi connectivity index (χ0v) is 14.3. The number of rotatable bonds is 5. The predicted octanol–water partition coefficient (Wildman–Crippen LogP) is 0.306. The van der Waals surface area contributed by atoms with Crippen LogP contribution in [0.15, 0.2) is 23.9 Å². The fourth-order valence-electron chi connectivity index (χ4n) is 2.82. The highest BCUT2D eigenvalue weighted by atomic mass is 32.2. The number of hydrogen-bond donors (Lipinski definition) is 0. The molecular formula is C14H21N5O3S. The van der Waals surface area contributed by atoms with Gasteiger partial charge in [0.15, 0.2) is 5.03 Å². The first-order valence-corrected chi connectivity index (χ1v) is 8.94. The molecule has 9 heteroatoms. The Morgan fingerprint density at radius 3 is 2.74 bits per heavy atom. The number of sulfonamides is 1. The first-order chi connectivity index (χ1) is 10.9. The minimum absolute atomic E-state index is 0.0564. The molecule has 0 saturated heterocycles. The molecule has 1 aliphatic rings. The standard InChI is InChI=1S/C14H21N5O3S/c1-4-22-8-11-5-13-12(15-10-18(13)3)6-19(11)23(20,21)14-7-17(2)9-16-14/h7,9-11H,4-6,8H2,1-3H3. The van der Waals surface area contributed by atoms with Crippen LogP contribution in [0.2, 0.25) is 0 Å². The van der Waals surface area contributed by atoms with E-state index in [0.717, 1.165) is 11.4 Å². The van der Waals surface area contributed by atoms with Crippen molar-refractivity contribution in [3.8, 4) is 0 Å². The van der Waals surface area contributed by atoms with E-state index in [4.69, 9.17) is 4.74 Å². The van der Waals surface area contributed by atoms with Gasteiger partial charge in [-0.05, 0) is 6.92 Å². The third kappa shape index (κ3) is 2.91. The van der Waals surface area contributed by atoms with Crippen molar-refractivity contribution in [2.24, 2.45) is 14.1 Å². The van der Waals surface area contributed by atoms with Crippen LogP contribution in [0, 0.1) is 0 Å². The summed E-state index contributed by atoms with van der Waals surface area (Å²) in [4.78, 5) is 8.33. The van der Waals surface area contributed by atoms with Crippen LogP contribution in [0.5, 0.6) is 0 Å². The summed E-state index contributed by atoms with van der Waals surface area (Å²) >= 11 is 0. The van der Waals surface area contributed by atoms with E-state index in [0.29, 0.717) is 19.6 Å². The van der Waals surface area contributed by atoms with E-state index in [9.17, 15) is 8.42 Å². The molecule has 1 atom stereocenters. The number of fused-ring (bicyclic) bond motifs is 1. The van der Waals surface area contributed by atoms with Gasteiger partial charge in [0.1, 0.15) is 0 Å². The molecule has 0 N–H and O–H groups in total. The number of hydrogen-bond acceptors (Lipinski definition) is 5. The summed E-state index contributed by atoms with van der Waals surface area (Å²) in [6, 6.07) is -0.259. The van der Waals surface area contributed by atoms with Gasteiger partial charge in [-0.3, -0.25) is 0 Å². The lowest BCUT2D eigenvalue weighted by molar-refractivity contribution is 0.0901. The molecule has 23 heavy (non-hydrogen) atoms. The zero-order valence-electron chi connectivity index (χ0n) is 13.5. The van der Waals surface area contributed by atoms with E-state index in [1.54, 1.807) is 17.9 Å². The Labute approximate surface area is 135 Å². The van der Waals surface area contributed by atoms with Gasteiger partial charge >= 0.3 is 0 Å². The smallest absolute Gasteiger partial charge is 0.262 e. The first kappa shape index (κ1) is 16.2. The van der Waals surface area contributed by atoms with Crippen molar-refractivity contribution < 1.29 is 13.2 Å². The van der Waals surface area contributed by atoms with E-state index in [1.165, 1.54) is 16.8 Å². The molecule has 3 rings (SSSR count). The Balaban J connectivity index is 1.97. The molecule has 0 spiro atoms. The topological polar surface area (TPSA) is 82.3 Å². The van der Waals surface area contributed by atoms with Crippen LogP contribution in [-0.4, -0.2) is 51.1 Å². The second-order valence-corrected chi connectivity index (χ2v) is 7.53. The molecular weight excluding hydrogens is 318 g/mol. The minimum Gasteiger partial charge on any atom is -0.380 e. The van der Waals surface area contributed by atoms with Gasteiger partial charge in [0.2, 0.25) is 0 Å². The number of nitrogens with zero attached hydrogens (tertiary/aromatic N) is 5. The Bertz CT molecular complexity index is 795. The highest BCUT2D eigenvalue weighted by molar-refractivity contribution is 7.89. The number of aromatic nitrogens is 4. The number of imidazole rings is 2. The van der Waals surface area contributed by atoms with Crippen LogP contribution in [-0.2, 0) is 41.8 Å². The average Bonchev–Trinajstić information content (AvgIpc) is 3.11. The first-order valence-electron chi connectivity index (χ1n) is 7.50. The Morgan fingerprint density at radius 1 is 1.30 bits per heavy atom. The Kier molecular flexibility index (Phi) is 4.26. The van der Waals surface area contributed by atoms with Crippen LogP contribution < -0.4 is 0 Å². The fraction of sp³-hybridized carbons (Fsp3) is 0.571. The van der Waals surface area contributed by atoms with Crippen LogP contribution in [0.4, 0.5) is 0 Å². The van der Waals surface area contributed by atoms with Crippen molar-refractivity contribution in [3.05, 3.63) is 30.2 Å². The molecule has 2 aromatic rings. The maximum absolute atomic E-state index is 13.0. The summed E-state index contributed by atoms with van der Waals surface area (Å²) < 4.78 is 36.4. The quantitative estimate of drug-likeness (QED) is 0.783. The molecule has 0 bridgehead atoms. The lowest BCUT2D eigenvalue weighted by Gasteiger charge is -2.33. The third-order valence-electron chi connectivity index (χ3n) is 4.06. The zero-order chi connectivity index (χ0) is 16.6. The summed E-state index contributed by atoms with van der Waals surface area (Å²) in [5.74, 6) is 0.